The van der Waals surface area contributed by atoms with E-state index in [4.69, 9.17) is 0 Å². The first kappa shape index (κ1) is 10.6. The first-order valence-electron chi connectivity index (χ1n) is 7.07. The van der Waals surface area contributed by atoms with Crippen molar-refractivity contribution in [2.75, 3.05) is 6.54 Å². The topological polar surface area (TPSA) is 3.24 Å². The molecule has 92 valence electrons. The zero-order chi connectivity index (χ0) is 11.9. The molecule has 0 aromatic heterocycles. The monoisotopic (exact) mass is 237 g/mol. The lowest BCUT2D eigenvalue weighted by Gasteiger charge is -2.50. The minimum atomic E-state index is 0.588. The average molecular weight is 237 g/mol. The number of piperidine rings is 1. The van der Waals surface area contributed by atoms with Crippen LogP contribution >= 0.6 is 0 Å². The van der Waals surface area contributed by atoms with Gasteiger partial charge in [-0.1, -0.05) is 60.8 Å². The van der Waals surface area contributed by atoms with E-state index >= 15 is 0 Å². The Bertz CT molecular complexity index is 480. The van der Waals surface area contributed by atoms with Crippen LogP contribution in [0.1, 0.15) is 6.42 Å². The number of nitrogens with zero attached hydrogens (tertiary/aromatic N) is 1. The highest BCUT2D eigenvalue weighted by molar-refractivity contribution is 5.29. The lowest BCUT2D eigenvalue weighted by Crippen LogP contribution is -2.55. The second-order valence-corrected chi connectivity index (χ2v) is 5.75. The lowest BCUT2D eigenvalue weighted by atomic mass is 9.73. The highest BCUT2D eigenvalue weighted by Gasteiger charge is 2.40. The van der Waals surface area contributed by atoms with Crippen molar-refractivity contribution in [3.63, 3.8) is 0 Å². The van der Waals surface area contributed by atoms with E-state index in [-0.39, 0.29) is 0 Å². The van der Waals surface area contributed by atoms with Gasteiger partial charge in [-0.25, -0.2) is 0 Å². The highest BCUT2D eigenvalue weighted by atomic mass is 15.2. The summed E-state index contributed by atoms with van der Waals surface area (Å²) >= 11 is 0. The Morgan fingerprint density at radius 1 is 0.722 bits per heavy atom. The molecule has 2 heterocycles. The van der Waals surface area contributed by atoms with Crippen molar-refractivity contribution in [3.05, 3.63) is 60.8 Å². The van der Waals surface area contributed by atoms with Gasteiger partial charge in [-0.3, -0.25) is 4.90 Å². The first-order valence-corrected chi connectivity index (χ1v) is 7.07. The molecule has 0 radical (unpaired) electrons. The fourth-order valence-electron chi connectivity index (χ4n) is 3.95. The van der Waals surface area contributed by atoms with E-state index in [1.807, 2.05) is 0 Å². The molecule has 0 bridgehead atoms. The van der Waals surface area contributed by atoms with Crippen molar-refractivity contribution in [1.82, 2.24) is 4.90 Å². The van der Waals surface area contributed by atoms with Crippen LogP contribution in [0.5, 0.6) is 0 Å². The van der Waals surface area contributed by atoms with Gasteiger partial charge < -0.3 is 0 Å². The Kier molecular flexibility index (Phi) is 2.41. The van der Waals surface area contributed by atoms with Crippen LogP contribution in [0.15, 0.2) is 60.8 Å². The Balaban J connectivity index is 1.69. The van der Waals surface area contributed by atoms with Gasteiger partial charge in [-0.15, -0.1) is 0 Å². The Hall–Kier alpha value is -1.34. The van der Waals surface area contributed by atoms with Crippen molar-refractivity contribution in [3.8, 4) is 0 Å². The van der Waals surface area contributed by atoms with Gasteiger partial charge in [0.2, 0.25) is 0 Å². The second kappa shape index (κ2) is 4.10. The smallest absolute Gasteiger partial charge is 0.0385 e. The molecule has 5 atom stereocenters. The lowest BCUT2D eigenvalue weighted by molar-refractivity contribution is 0.0720. The molecule has 1 fully saturated rings. The van der Waals surface area contributed by atoms with Gasteiger partial charge >= 0.3 is 0 Å². The molecule has 18 heavy (non-hydrogen) atoms. The summed E-state index contributed by atoms with van der Waals surface area (Å²) in [6, 6.07) is 1.19. The normalized spacial score (nSPS) is 44.6. The predicted molar refractivity (Wildman–Crippen MR) is 75.1 cm³/mol. The Labute approximate surface area is 109 Å². The molecule has 0 spiro atoms. The Morgan fingerprint density at radius 2 is 1.56 bits per heavy atom. The minimum absolute atomic E-state index is 0.588. The molecule has 0 N–H and O–H groups in total. The molecule has 1 saturated heterocycles. The van der Waals surface area contributed by atoms with Crippen LogP contribution in [0.4, 0.5) is 0 Å². The molecule has 0 aromatic carbocycles. The van der Waals surface area contributed by atoms with E-state index in [9.17, 15) is 0 Å². The molecular formula is C17H19N. The summed E-state index contributed by atoms with van der Waals surface area (Å²) in [4.78, 5) is 2.70. The van der Waals surface area contributed by atoms with Crippen LogP contribution in [0.2, 0.25) is 0 Å². The van der Waals surface area contributed by atoms with E-state index in [0.717, 1.165) is 5.92 Å². The third-order valence-electron chi connectivity index (χ3n) is 4.86. The fraction of sp³-hybridized carbons (Fsp3) is 0.412. The molecule has 5 unspecified atom stereocenters. The van der Waals surface area contributed by atoms with E-state index in [2.05, 4.69) is 65.7 Å². The summed E-state index contributed by atoms with van der Waals surface area (Å²) in [7, 11) is 0. The number of fused-ring (bicyclic) bond motifs is 5. The highest BCUT2D eigenvalue weighted by Crippen LogP contribution is 2.39. The van der Waals surface area contributed by atoms with Crippen LogP contribution in [0, 0.1) is 17.8 Å². The molecule has 2 aliphatic heterocycles. The molecule has 1 heteroatoms. The number of hydrogen-bond acceptors (Lipinski definition) is 1. The van der Waals surface area contributed by atoms with Crippen LogP contribution in [0.25, 0.3) is 0 Å². The summed E-state index contributed by atoms with van der Waals surface area (Å²) < 4.78 is 0. The van der Waals surface area contributed by atoms with Crippen LogP contribution < -0.4 is 0 Å². The molecule has 4 aliphatic rings. The molecule has 0 aromatic rings. The molecule has 1 nitrogen and oxygen atoms in total. The molecular weight excluding hydrogens is 218 g/mol. The maximum absolute atomic E-state index is 2.70. The quantitative estimate of drug-likeness (QED) is 0.585. The van der Waals surface area contributed by atoms with Crippen molar-refractivity contribution in [2.45, 2.75) is 18.5 Å². The van der Waals surface area contributed by atoms with Gasteiger partial charge in [0.1, 0.15) is 0 Å². The molecule has 0 saturated carbocycles. The van der Waals surface area contributed by atoms with Crippen LogP contribution in [-0.2, 0) is 0 Å². The average Bonchev–Trinajstić information content (AvgIpc) is 2.46. The minimum Gasteiger partial charge on any atom is -0.289 e. The SMILES string of the molecule is C1=CC2C=CC3C4C=CC=CC4CCN3C2C=C1. The third kappa shape index (κ3) is 1.50. The first-order chi connectivity index (χ1) is 8.93. The van der Waals surface area contributed by atoms with E-state index in [0.29, 0.717) is 23.9 Å². The van der Waals surface area contributed by atoms with Gasteiger partial charge in [0.15, 0.2) is 0 Å². The predicted octanol–water partition coefficient (Wildman–Crippen LogP) is 3.10. The second-order valence-electron chi connectivity index (χ2n) is 5.75. The summed E-state index contributed by atoms with van der Waals surface area (Å²) in [5.74, 6) is 2.02. The van der Waals surface area contributed by atoms with Gasteiger partial charge in [0.05, 0.1) is 0 Å². The standard InChI is InChI=1S/C17H19N/c1-3-7-15-13(5-1)11-12-18-16-8-4-2-6-14(16)9-10-17(15)18/h1-10,13-17H,11-12H2. The van der Waals surface area contributed by atoms with Crippen molar-refractivity contribution in [1.29, 1.82) is 0 Å². The van der Waals surface area contributed by atoms with Crippen molar-refractivity contribution < 1.29 is 0 Å². The summed E-state index contributed by atoms with van der Waals surface area (Å²) in [6.07, 6.45) is 24.5. The van der Waals surface area contributed by atoms with Crippen LogP contribution in [-0.4, -0.2) is 23.5 Å². The molecule has 4 rings (SSSR count). The van der Waals surface area contributed by atoms with Gasteiger partial charge in [-0.05, 0) is 18.9 Å². The fourth-order valence-corrected chi connectivity index (χ4v) is 3.95. The molecule has 2 aliphatic carbocycles. The summed E-state index contributed by atoms with van der Waals surface area (Å²) in [5.41, 5.74) is 0. The zero-order valence-electron chi connectivity index (χ0n) is 10.5. The number of rotatable bonds is 0. The van der Waals surface area contributed by atoms with E-state index in [1.54, 1.807) is 0 Å². The summed E-state index contributed by atoms with van der Waals surface area (Å²) in [6.45, 7) is 1.23. The van der Waals surface area contributed by atoms with Crippen LogP contribution in [0.3, 0.4) is 0 Å². The number of hydrogen-bond donors (Lipinski definition) is 0. The maximum Gasteiger partial charge on any atom is 0.0385 e. The van der Waals surface area contributed by atoms with Crippen molar-refractivity contribution >= 4 is 0 Å². The zero-order valence-corrected chi connectivity index (χ0v) is 10.5. The maximum atomic E-state index is 2.70. The molecule has 0 amide bonds. The number of allylic oxidation sites excluding steroid dienone is 5. The third-order valence-corrected chi connectivity index (χ3v) is 4.86. The van der Waals surface area contributed by atoms with Gasteiger partial charge in [0, 0.05) is 23.9 Å². The summed E-state index contributed by atoms with van der Waals surface area (Å²) in [5, 5.41) is 0. The van der Waals surface area contributed by atoms with E-state index < -0.39 is 0 Å². The largest absolute Gasteiger partial charge is 0.289 e. The Morgan fingerprint density at radius 3 is 2.56 bits per heavy atom. The van der Waals surface area contributed by atoms with Crippen molar-refractivity contribution in [2.24, 2.45) is 17.8 Å². The van der Waals surface area contributed by atoms with E-state index in [1.165, 1.54) is 13.0 Å². The van der Waals surface area contributed by atoms with Gasteiger partial charge in [-0.2, -0.15) is 0 Å². The van der Waals surface area contributed by atoms with Gasteiger partial charge in [0.25, 0.3) is 0 Å².